The van der Waals surface area contributed by atoms with E-state index >= 15 is 0 Å². The van der Waals surface area contributed by atoms with E-state index in [0.29, 0.717) is 16.4 Å². The number of thioether (sulfide) groups is 1. The number of amides is 1. The Kier molecular flexibility index (Phi) is 6.94. The Labute approximate surface area is 196 Å². The number of anilines is 1. The molecule has 1 aliphatic rings. The summed E-state index contributed by atoms with van der Waals surface area (Å²) in [4.78, 5) is 33.5. The average molecular weight is 464 g/mol. The molecule has 2 heterocycles. The summed E-state index contributed by atoms with van der Waals surface area (Å²) in [5.41, 5.74) is 3.85. The van der Waals surface area contributed by atoms with E-state index in [1.165, 1.54) is 11.8 Å². The van der Waals surface area contributed by atoms with Gasteiger partial charge in [0.15, 0.2) is 6.61 Å². The topological polar surface area (TPSA) is 110 Å². The van der Waals surface area contributed by atoms with Crippen LogP contribution in [0.25, 0.3) is 11.0 Å². The molecule has 0 bridgehead atoms. The number of benzene rings is 1. The van der Waals surface area contributed by atoms with Crippen LogP contribution in [-0.4, -0.2) is 38.8 Å². The number of esters is 1. The van der Waals surface area contributed by atoms with Gasteiger partial charge in [-0.3, -0.25) is 14.6 Å². The van der Waals surface area contributed by atoms with E-state index in [0.717, 1.165) is 48.0 Å². The number of aromatic nitrogens is 3. The number of carbonyl (C=O) groups excluding carboxylic acids is 2. The Morgan fingerprint density at radius 1 is 1.24 bits per heavy atom. The van der Waals surface area contributed by atoms with Gasteiger partial charge in [-0.25, -0.2) is 4.98 Å². The quantitative estimate of drug-likeness (QED) is 0.411. The molecule has 9 heteroatoms. The third kappa shape index (κ3) is 5.01. The molecule has 0 unspecified atom stereocenters. The smallest absolute Gasteiger partial charge is 0.316 e. The van der Waals surface area contributed by atoms with E-state index in [-0.39, 0.29) is 11.8 Å². The van der Waals surface area contributed by atoms with Crippen LogP contribution in [0.2, 0.25) is 0 Å². The van der Waals surface area contributed by atoms with Crippen molar-refractivity contribution in [2.45, 2.75) is 50.6 Å². The van der Waals surface area contributed by atoms with Gasteiger partial charge >= 0.3 is 5.97 Å². The molecular weight excluding hydrogens is 438 g/mol. The van der Waals surface area contributed by atoms with Crippen molar-refractivity contribution >= 4 is 40.5 Å². The molecule has 1 aliphatic carbocycles. The summed E-state index contributed by atoms with van der Waals surface area (Å²) in [6, 6.07) is 9.97. The van der Waals surface area contributed by atoms with Crippen LogP contribution in [0.15, 0.2) is 35.5 Å². The highest BCUT2D eigenvalue weighted by Gasteiger charge is 2.26. The van der Waals surface area contributed by atoms with E-state index in [4.69, 9.17) is 4.74 Å². The molecule has 170 valence electrons. The number of rotatable bonds is 7. The molecule has 1 aromatic carbocycles. The first-order chi connectivity index (χ1) is 16.0. The van der Waals surface area contributed by atoms with Crippen molar-refractivity contribution in [3.63, 3.8) is 0 Å². The van der Waals surface area contributed by atoms with Gasteiger partial charge in [-0.1, -0.05) is 36.7 Å². The first kappa shape index (κ1) is 22.8. The van der Waals surface area contributed by atoms with Crippen molar-refractivity contribution in [3.05, 3.63) is 47.3 Å². The molecule has 0 radical (unpaired) electrons. The largest absolute Gasteiger partial charge is 0.455 e. The molecule has 8 nitrogen and oxygen atoms in total. The van der Waals surface area contributed by atoms with E-state index in [2.05, 4.69) is 25.9 Å². The molecule has 3 aromatic rings. The van der Waals surface area contributed by atoms with Crippen LogP contribution < -0.4 is 5.32 Å². The Bertz CT molecular complexity index is 1240. The fourth-order valence-electron chi connectivity index (χ4n) is 4.20. The zero-order valence-corrected chi connectivity index (χ0v) is 19.4. The fraction of sp³-hybridized carbons (Fsp3) is 0.375. The number of fused-ring (bicyclic) bond motifs is 1. The van der Waals surface area contributed by atoms with Crippen molar-refractivity contribution < 1.29 is 14.3 Å². The summed E-state index contributed by atoms with van der Waals surface area (Å²) in [6.45, 7) is 3.45. The van der Waals surface area contributed by atoms with Crippen molar-refractivity contribution in [2.24, 2.45) is 0 Å². The summed E-state index contributed by atoms with van der Waals surface area (Å²) in [6.07, 6.45) is 5.92. The van der Waals surface area contributed by atoms with Crippen molar-refractivity contribution in [2.75, 3.05) is 17.7 Å². The van der Waals surface area contributed by atoms with Crippen LogP contribution in [0.4, 0.5) is 5.82 Å². The maximum Gasteiger partial charge on any atom is 0.316 e. The van der Waals surface area contributed by atoms with Crippen LogP contribution in [0.1, 0.15) is 48.5 Å². The fourth-order valence-corrected chi connectivity index (χ4v) is 4.84. The minimum absolute atomic E-state index is 0.0143. The Hall–Kier alpha value is -3.38. The lowest BCUT2D eigenvalue weighted by molar-refractivity contribution is -0.144. The highest BCUT2D eigenvalue weighted by Crippen LogP contribution is 2.37. The predicted octanol–water partition coefficient (Wildman–Crippen LogP) is 4.31. The molecule has 1 N–H and O–H groups in total. The first-order valence-corrected chi connectivity index (χ1v) is 11.9. The number of hydrogen-bond donors (Lipinski definition) is 1. The number of hydrogen-bond acceptors (Lipinski definition) is 7. The predicted molar refractivity (Wildman–Crippen MR) is 126 cm³/mol. The molecule has 1 saturated carbocycles. The van der Waals surface area contributed by atoms with Gasteiger partial charge in [-0.05, 0) is 44.4 Å². The average Bonchev–Trinajstić information content (AvgIpc) is 3.43. The van der Waals surface area contributed by atoms with Crippen LogP contribution in [0.3, 0.4) is 0 Å². The highest BCUT2D eigenvalue weighted by molar-refractivity contribution is 7.99. The van der Waals surface area contributed by atoms with E-state index < -0.39 is 18.5 Å². The lowest BCUT2D eigenvalue weighted by Crippen LogP contribution is -2.24. The van der Waals surface area contributed by atoms with Crippen LogP contribution >= 0.6 is 11.8 Å². The van der Waals surface area contributed by atoms with Crippen LogP contribution in [-0.2, 0) is 14.3 Å². The molecule has 2 aromatic heterocycles. The van der Waals surface area contributed by atoms with Crippen molar-refractivity contribution in [3.8, 4) is 6.07 Å². The second kappa shape index (κ2) is 10.0. The second-order valence-corrected chi connectivity index (χ2v) is 9.04. The first-order valence-electron chi connectivity index (χ1n) is 10.9. The number of carbonyl (C=O) groups is 2. The highest BCUT2D eigenvalue weighted by atomic mass is 32.2. The molecule has 1 amide bonds. The van der Waals surface area contributed by atoms with Crippen LogP contribution in [0, 0.1) is 25.2 Å². The number of ether oxygens (including phenoxy) is 1. The molecule has 4 rings (SSSR count). The third-order valence-corrected chi connectivity index (χ3v) is 6.82. The third-order valence-electron chi connectivity index (χ3n) is 5.94. The van der Waals surface area contributed by atoms with E-state index in [1.54, 1.807) is 6.20 Å². The van der Waals surface area contributed by atoms with E-state index in [1.807, 2.05) is 38.1 Å². The molecule has 0 aliphatic heterocycles. The van der Waals surface area contributed by atoms with Gasteiger partial charge in [0.05, 0.1) is 28.5 Å². The molecule has 0 atom stereocenters. The van der Waals surface area contributed by atoms with Gasteiger partial charge in [0, 0.05) is 11.7 Å². The normalized spacial score (nSPS) is 13.7. The van der Waals surface area contributed by atoms with Crippen molar-refractivity contribution in [1.82, 2.24) is 14.5 Å². The summed E-state index contributed by atoms with van der Waals surface area (Å²) >= 11 is 1.20. The lowest BCUT2D eigenvalue weighted by Gasteiger charge is -2.19. The lowest BCUT2D eigenvalue weighted by atomic mass is 10.2. The summed E-state index contributed by atoms with van der Waals surface area (Å²) in [5, 5.41) is 13.1. The number of nitrogens with one attached hydrogen (secondary N) is 1. The molecular formula is C24H25N5O3S. The van der Waals surface area contributed by atoms with Gasteiger partial charge in [-0.2, -0.15) is 5.26 Å². The Morgan fingerprint density at radius 3 is 2.70 bits per heavy atom. The second-order valence-electron chi connectivity index (χ2n) is 8.05. The molecule has 0 spiro atoms. The Balaban J connectivity index is 1.35. The number of nitrogens with zero attached hydrogens (tertiary/aromatic N) is 4. The van der Waals surface area contributed by atoms with Crippen molar-refractivity contribution in [1.29, 1.82) is 5.26 Å². The van der Waals surface area contributed by atoms with Gasteiger partial charge < -0.3 is 14.6 Å². The van der Waals surface area contributed by atoms with Gasteiger partial charge in [0.25, 0.3) is 5.91 Å². The summed E-state index contributed by atoms with van der Waals surface area (Å²) in [5.74, 6) is -0.474. The maximum absolute atomic E-state index is 12.6. The molecule has 0 saturated heterocycles. The van der Waals surface area contributed by atoms with Gasteiger partial charge in [0.1, 0.15) is 16.9 Å². The molecule has 33 heavy (non-hydrogen) atoms. The van der Waals surface area contributed by atoms with E-state index in [9.17, 15) is 14.9 Å². The number of nitriles is 1. The maximum atomic E-state index is 12.6. The minimum atomic E-state index is -0.524. The van der Waals surface area contributed by atoms with Crippen LogP contribution in [0.5, 0.6) is 0 Å². The molecule has 1 fully saturated rings. The van der Waals surface area contributed by atoms with Gasteiger partial charge in [-0.15, -0.1) is 0 Å². The zero-order chi connectivity index (χ0) is 23.4. The zero-order valence-electron chi connectivity index (χ0n) is 18.6. The minimum Gasteiger partial charge on any atom is -0.455 e. The monoisotopic (exact) mass is 463 g/mol. The Morgan fingerprint density at radius 2 is 1.97 bits per heavy atom. The summed E-state index contributed by atoms with van der Waals surface area (Å²) < 4.78 is 7.21. The SMILES string of the molecule is Cc1c(C#N)c(NC(=O)COC(=O)CSc2cnc3ccccc3n2)n(C2CCCC2)c1C. The van der Waals surface area contributed by atoms with Gasteiger partial charge in [0.2, 0.25) is 0 Å². The number of para-hydroxylation sites is 2. The standard InChI is InChI=1S/C24H25N5O3S/c1-15-16(2)29(17-7-3-4-8-17)24(18(15)11-25)28-21(30)13-32-23(31)14-33-22-12-26-19-9-5-6-10-20(19)27-22/h5-6,9-10,12,17H,3-4,7-8,13-14H2,1-2H3,(H,28,30). The summed E-state index contributed by atoms with van der Waals surface area (Å²) in [7, 11) is 0.